The molecule has 0 radical (unpaired) electrons. The average molecular weight is 296 g/mol. The molecule has 2 rings (SSSR count). The standard InChI is InChI=1S/C13H16N2O4S/c1-15(5-4-11(16)17)12(13(14)20)8-2-3-9-10(6-8)19-7-18-9/h2-3,6,12H,4-5,7H2,1H3,(H2,14,20)(H,16,17). The summed E-state index contributed by atoms with van der Waals surface area (Å²) < 4.78 is 10.6. The van der Waals surface area contributed by atoms with Gasteiger partial charge >= 0.3 is 5.97 Å². The van der Waals surface area contributed by atoms with Crippen LogP contribution in [0, 0.1) is 0 Å². The monoisotopic (exact) mass is 296 g/mol. The molecule has 0 spiro atoms. The molecule has 0 aliphatic carbocycles. The summed E-state index contributed by atoms with van der Waals surface area (Å²) >= 11 is 5.10. The summed E-state index contributed by atoms with van der Waals surface area (Å²) in [7, 11) is 1.79. The lowest BCUT2D eigenvalue weighted by Gasteiger charge is -2.27. The Labute approximate surface area is 122 Å². The number of thiocarbonyl (C=S) groups is 1. The van der Waals surface area contributed by atoms with Gasteiger partial charge in [0.2, 0.25) is 6.79 Å². The third-order valence-corrected chi connectivity index (χ3v) is 3.32. The minimum atomic E-state index is -0.857. The van der Waals surface area contributed by atoms with Gasteiger partial charge in [-0.2, -0.15) is 0 Å². The number of carboxylic acids is 1. The number of ether oxygens (including phenoxy) is 2. The summed E-state index contributed by atoms with van der Waals surface area (Å²) in [4.78, 5) is 12.8. The number of likely N-dealkylation sites (N-methyl/N-ethyl adjacent to an activating group) is 1. The number of nitrogens with zero attached hydrogens (tertiary/aromatic N) is 1. The van der Waals surface area contributed by atoms with Crippen LogP contribution in [-0.2, 0) is 4.79 Å². The molecule has 0 bridgehead atoms. The van der Waals surface area contributed by atoms with Crippen LogP contribution in [0.5, 0.6) is 11.5 Å². The zero-order chi connectivity index (χ0) is 14.7. The molecule has 1 aliphatic heterocycles. The van der Waals surface area contributed by atoms with Gasteiger partial charge < -0.3 is 20.3 Å². The van der Waals surface area contributed by atoms with Gasteiger partial charge in [-0.1, -0.05) is 18.3 Å². The van der Waals surface area contributed by atoms with Gasteiger partial charge in [-0.15, -0.1) is 0 Å². The van der Waals surface area contributed by atoms with Crippen LogP contribution in [-0.4, -0.2) is 41.3 Å². The fourth-order valence-corrected chi connectivity index (χ4v) is 2.44. The first-order chi connectivity index (χ1) is 9.49. The largest absolute Gasteiger partial charge is 0.481 e. The van der Waals surface area contributed by atoms with Gasteiger partial charge in [0.1, 0.15) is 0 Å². The van der Waals surface area contributed by atoms with Crippen molar-refractivity contribution in [2.24, 2.45) is 5.73 Å². The van der Waals surface area contributed by atoms with Crippen molar-refractivity contribution >= 4 is 23.2 Å². The molecule has 0 saturated heterocycles. The van der Waals surface area contributed by atoms with Gasteiger partial charge in [-0.05, 0) is 24.7 Å². The van der Waals surface area contributed by atoms with Crippen molar-refractivity contribution in [1.29, 1.82) is 0 Å². The second kappa shape index (κ2) is 6.06. The van der Waals surface area contributed by atoms with Crippen LogP contribution in [0.1, 0.15) is 18.0 Å². The Morgan fingerprint density at radius 1 is 1.50 bits per heavy atom. The number of carboxylic acid groups (broad SMARTS) is 1. The minimum absolute atomic E-state index is 0.0279. The molecule has 3 N–H and O–H groups in total. The van der Waals surface area contributed by atoms with Crippen LogP contribution in [0.15, 0.2) is 18.2 Å². The maximum atomic E-state index is 10.7. The first-order valence-corrected chi connectivity index (χ1v) is 6.50. The molecule has 6 nitrogen and oxygen atoms in total. The van der Waals surface area contributed by atoms with Crippen molar-refractivity contribution in [3.8, 4) is 11.5 Å². The Bertz CT molecular complexity index is 535. The molecule has 108 valence electrons. The minimum Gasteiger partial charge on any atom is -0.481 e. The first kappa shape index (κ1) is 14.5. The van der Waals surface area contributed by atoms with Crippen molar-refractivity contribution in [1.82, 2.24) is 4.90 Å². The molecule has 0 saturated carbocycles. The van der Waals surface area contributed by atoms with E-state index >= 15 is 0 Å². The molecule has 7 heteroatoms. The Balaban J connectivity index is 2.20. The van der Waals surface area contributed by atoms with E-state index in [0.29, 0.717) is 18.0 Å². The number of benzene rings is 1. The summed E-state index contributed by atoms with van der Waals surface area (Å²) in [5.41, 5.74) is 6.65. The zero-order valence-corrected chi connectivity index (χ0v) is 11.9. The third-order valence-electron chi connectivity index (χ3n) is 3.10. The molecule has 1 aromatic carbocycles. The molecular weight excluding hydrogens is 280 g/mol. The van der Waals surface area contributed by atoms with Crippen molar-refractivity contribution in [2.45, 2.75) is 12.5 Å². The Kier molecular flexibility index (Phi) is 4.41. The maximum Gasteiger partial charge on any atom is 0.304 e. The topological polar surface area (TPSA) is 85.0 Å². The van der Waals surface area contributed by atoms with Gasteiger partial charge in [0.15, 0.2) is 11.5 Å². The van der Waals surface area contributed by atoms with Crippen molar-refractivity contribution in [3.05, 3.63) is 23.8 Å². The highest BCUT2D eigenvalue weighted by atomic mass is 32.1. The molecule has 0 aromatic heterocycles. The number of nitrogens with two attached hydrogens (primary N) is 1. The average Bonchev–Trinajstić information content (AvgIpc) is 2.83. The van der Waals surface area contributed by atoms with E-state index in [1.54, 1.807) is 13.1 Å². The molecule has 1 heterocycles. The highest BCUT2D eigenvalue weighted by Gasteiger charge is 2.23. The zero-order valence-electron chi connectivity index (χ0n) is 11.0. The Morgan fingerprint density at radius 3 is 2.85 bits per heavy atom. The van der Waals surface area contributed by atoms with Gasteiger partial charge in [0, 0.05) is 6.54 Å². The predicted octanol–water partition coefficient (Wildman–Crippen LogP) is 1.15. The van der Waals surface area contributed by atoms with Gasteiger partial charge in [-0.3, -0.25) is 9.69 Å². The van der Waals surface area contributed by atoms with E-state index in [-0.39, 0.29) is 24.2 Å². The predicted molar refractivity (Wildman–Crippen MR) is 77.0 cm³/mol. The number of hydrogen-bond donors (Lipinski definition) is 2. The number of fused-ring (bicyclic) bond motifs is 1. The second-order valence-electron chi connectivity index (χ2n) is 4.54. The molecule has 1 aromatic rings. The van der Waals surface area contributed by atoms with E-state index in [1.807, 2.05) is 17.0 Å². The highest BCUT2D eigenvalue weighted by molar-refractivity contribution is 7.80. The van der Waals surface area contributed by atoms with Crippen molar-refractivity contribution < 1.29 is 19.4 Å². The van der Waals surface area contributed by atoms with Crippen LogP contribution >= 0.6 is 12.2 Å². The molecule has 1 atom stereocenters. The lowest BCUT2D eigenvalue weighted by Crippen LogP contribution is -2.35. The molecule has 0 fully saturated rings. The number of aliphatic carboxylic acids is 1. The molecule has 0 amide bonds. The van der Waals surface area contributed by atoms with E-state index in [9.17, 15) is 4.79 Å². The van der Waals surface area contributed by atoms with Crippen molar-refractivity contribution in [2.75, 3.05) is 20.4 Å². The van der Waals surface area contributed by atoms with Crippen LogP contribution < -0.4 is 15.2 Å². The van der Waals surface area contributed by atoms with E-state index in [1.165, 1.54) is 0 Å². The summed E-state index contributed by atoms with van der Waals surface area (Å²) in [6, 6.07) is 5.14. The quantitative estimate of drug-likeness (QED) is 0.762. The van der Waals surface area contributed by atoms with Crippen molar-refractivity contribution in [3.63, 3.8) is 0 Å². The maximum absolute atomic E-state index is 10.7. The lowest BCUT2D eigenvalue weighted by molar-refractivity contribution is -0.137. The van der Waals surface area contributed by atoms with Gasteiger partial charge in [0.25, 0.3) is 0 Å². The number of carbonyl (C=O) groups is 1. The third kappa shape index (κ3) is 3.17. The summed E-state index contributed by atoms with van der Waals surface area (Å²) in [6.07, 6.45) is 0.0279. The van der Waals surface area contributed by atoms with E-state index in [4.69, 9.17) is 32.5 Å². The van der Waals surface area contributed by atoms with Crippen LogP contribution in [0.25, 0.3) is 0 Å². The fraction of sp³-hybridized carbons (Fsp3) is 0.385. The highest BCUT2D eigenvalue weighted by Crippen LogP contribution is 2.35. The summed E-state index contributed by atoms with van der Waals surface area (Å²) in [5, 5.41) is 8.75. The number of rotatable bonds is 6. The van der Waals surface area contributed by atoms with E-state index in [0.717, 1.165) is 5.56 Å². The van der Waals surface area contributed by atoms with E-state index < -0.39 is 5.97 Å². The van der Waals surface area contributed by atoms with E-state index in [2.05, 4.69) is 0 Å². The first-order valence-electron chi connectivity index (χ1n) is 6.10. The molecule has 1 aliphatic rings. The smallest absolute Gasteiger partial charge is 0.304 e. The Morgan fingerprint density at radius 2 is 2.20 bits per heavy atom. The SMILES string of the molecule is CN(CCC(=O)O)C(C(N)=S)c1ccc2c(c1)OCO2. The second-order valence-corrected chi connectivity index (χ2v) is 5.01. The summed E-state index contributed by atoms with van der Waals surface area (Å²) in [6.45, 7) is 0.553. The summed E-state index contributed by atoms with van der Waals surface area (Å²) in [5.74, 6) is 0.475. The number of hydrogen-bond acceptors (Lipinski definition) is 5. The van der Waals surface area contributed by atoms with Crippen LogP contribution in [0.3, 0.4) is 0 Å². The normalized spacial score (nSPS) is 14.3. The lowest BCUT2D eigenvalue weighted by atomic mass is 10.0. The van der Waals surface area contributed by atoms with Crippen LogP contribution in [0.2, 0.25) is 0 Å². The van der Waals surface area contributed by atoms with Gasteiger partial charge in [0.05, 0.1) is 17.5 Å². The van der Waals surface area contributed by atoms with Gasteiger partial charge in [-0.25, -0.2) is 0 Å². The Hall–Kier alpha value is -1.86. The molecule has 1 unspecified atom stereocenters. The molecule has 20 heavy (non-hydrogen) atoms. The molecular formula is C13H16N2O4S. The fourth-order valence-electron chi connectivity index (χ4n) is 2.12. The van der Waals surface area contributed by atoms with Crippen LogP contribution in [0.4, 0.5) is 0 Å².